The fraction of sp³-hybridized carbons (Fsp3) is 0.333. The second-order valence-electron chi connectivity index (χ2n) is 3.60. The molecule has 0 heterocycles. The van der Waals surface area contributed by atoms with Crippen LogP contribution in [-0.2, 0) is 10.0 Å². The first kappa shape index (κ1) is 16.0. The van der Waals surface area contributed by atoms with Gasteiger partial charge in [-0.15, -0.1) is 0 Å². The van der Waals surface area contributed by atoms with Gasteiger partial charge in [0, 0.05) is 12.2 Å². The predicted molar refractivity (Wildman–Crippen MR) is 63.1 cm³/mol. The van der Waals surface area contributed by atoms with Crippen LogP contribution in [0.25, 0.3) is 0 Å². The molecule has 0 aromatic heterocycles. The summed E-state index contributed by atoms with van der Waals surface area (Å²) in [6.45, 7) is -1.21. The number of aliphatic hydroxyl groups excluding tert-OH is 1. The van der Waals surface area contributed by atoms with E-state index in [2.05, 4.69) is 0 Å². The van der Waals surface area contributed by atoms with Crippen LogP contribution in [0.2, 0.25) is 5.02 Å². The van der Waals surface area contributed by atoms with Gasteiger partial charge in [0.15, 0.2) is 6.10 Å². The smallest absolute Gasteiger partial charge is 0.399 e. The Kier molecular flexibility index (Phi) is 4.67. The number of nitrogen functional groups attached to an aromatic ring is 1. The number of alkyl halides is 3. The van der Waals surface area contributed by atoms with Crippen molar-refractivity contribution in [2.24, 2.45) is 0 Å². The van der Waals surface area contributed by atoms with Gasteiger partial charge in [0.05, 0.1) is 5.02 Å². The van der Waals surface area contributed by atoms with E-state index in [9.17, 15) is 21.6 Å². The van der Waals surface area contributed by atoms with Crippen molar-refractivity contribution in [1.82, 2.24) is 4.72 Å². The van der Waals surface area contributed by atoms with Crippen LogP contribution in [0.15, 0.2) is 23.1 Å². The molecule has 108 valence electrons. The summed E-state index contributed by atoms with van der Waals surface area (Å²) in [5.41, 5.74) is 5.45. The van der Waals surface area contributed by atoms with Crippen LogP contribution < -0.4 is 10.5 Å². The molecule has 0 spiro atoms. The minimum absolute atomic E-state index is 0.0844. The van der Waals surface area contributed by atoms with Gasteiger partial charge in [-0.2, -0.15) is 13.2 Å². The molecule has 0 aliphatic carbocycles. The Morgan fingerprint density at radius 3 is 2.53 bits per heavy atom. The van der Waals surface area contributed by atoms with Gasteiger partial charge >= 0.3 is 6.18 Å². The van der Waals surface area contributed by atoms with E-state index in [1.165, 1.54) is 12.1 Å². The molecule has 19 heavy (non-hydrogen) atoms. The standard InChI is InChI=1S/C9H10ClF3N2O3S/c10-6-2-1-5(14)3-7(6)19(17,18)15-4-8(16)9(11,12)13/h1-3,8,15-16H,4,14H2. The number of anilines is 1. The van der Waals surface area contributed by atoms with E-state index in [0.29, 0.717) is 0 Å². The molecule has 0 radical (unpaired) electrons. The zero-order chi connectivity index (χ0) is 14.8. The summed E-state index contributed by atoms with van der Waals surface area (Å²) in [6, 6.07) is 3.54. The molecular weight excluding hydrogens is 309 g/mol. The average Bonchev–Trinajstić information content (AvgIpc) is 2.28. The third-order valence-electron chi connectivity index (χ3n) is 2.09. The Bertz CT molecular complexity index is 562. The minimum atomic E-state index is -4.91. The molecular formula is C9H10ClF3N2O3S. The lowest BCUT2D eigenvalue weighted by Crippen LogP contribution is -2.40. The van der Waals surface area contributed by atoms with Gasteiger partial charge < -0.3 is 10.8 Å². The van der Waals surface area contributed by atoms with Crippen LogP contribution in [0, 0.1) is 0 Å². The van der Waals surface area contributed by atoms with Crippen LogP contribution in [0.1, 0.15) is 0 Å². The normalized spacial score (nSPS) is 14.4. The quantitative estimate of drug-likeness (QED) is 0.725. The molecule has 1 unspecified atom stereocenters. The van der Waals surface area contributed by atoms with Crippen molar-refractivity contribution in [2.45, 2.75) is 17.2 Å². The number of rotatable bonds is 4. The van der Waals surface area contributed by atoms with Crippen LogP contribution in [-0.4, -0.2) is 32.3 Å². The van der Waals surface area contributed by atoms with Gasteiger partial charge in [0.2, 0.25) is 10.0 Å². The van der Waals surface area contributed by atoms with Gasteiger partial charge in [-0.1, -0.05) is 11.6 Å². The maximum Gasteiger partial charge on any atom is 0.415 e. The first-order chi connectivity index (χ1) is 8.54. The van der Waals surface area contributed by atoms with Gasteiger partial charge in [0.1, 0.15) is 4.90 Å². The van der Waals surface area contributed by atoms with Crippen LogP contribution in [0.5, 0.6) is 0 Å². The molecule has 1 aromatic rings. The molecule has 0 saturated heterocycles. The summed E-state index contributed by atoms with van der Waals surface area (Å²) in [5.74, 6) is 0. The zero-order valence-corrected chi connectivity index (χ0v) is 10.9. The van der Waals surface area contributed by atoms with Gasteiger partial charge in [-0.3, -0.25) is 0 Å². The molecule has 0 fully saturated rings. The second-order valence-corrected chi connectivity index (χ2v) is 5.74. The Morgan fingerprint density at radius 2 is 2.00 bits per heavy atom. The Hall–Kier alpha value is -1.03. The van der Waals surface area contributed by atoms with E-state index in [1.54, 1.807) is 4.72 Å². The molecule has 1 aromatic carbocycles. The molecule has 10 heteroatoms. The van der Waals surface area contributed by atoms with Crippen molar-refractivity contribution in [3.63, 3.8) is 0 Å². The van der Waals surface area contributed by atoms with E-state index in [-0.39, 0.29) is 10.7 Å². The Morgan fingerprint density at radius 1 is 1.42 bits per heavy atom. The van der Waals surface area contributed by atoms with E-state index in [4.69, 9.17) is 22.4 Å². The predicted octanol–water partition coefficient (Wildman–Crippen LogP) is 1.12. The first-order valence-electron chi connectivity index (χ1n) is 4.83. The lowest BCUT2D eigenvalue weighted by Gasteiger charge is -2.15. The zero-order valence-electron chi connectivity index (χ0n) is 9.28. The number of benzene rings is 1. The highest BCUT2D eigenvalue weighted by molar-refractivity contribution is 7.89. The number of aliphatic hydroxyl groups is 1. The number of hydrogen-bond donors (Lipinski definition) is 3. The number of nitrogens with one attached hydrogen (secondary N) is 1. The topological polar surface area (TPSA) is 92.4 Å². The average molecular weight is 319 g/mol. The van der Waals surface area contributed by atoms with Crippen LogP contribution in [0.3, 0.4) is 0 Å². The fourth-order valence-electron chi connectivity index (χ4n) is 1.11. The number of sulfonamides is 1. The molecule has 0 bridgehead atoms. The number of halogens is 4. The van der Waals surface area contributed by atoms with Crippen LogP contribution in [0.4, 0.5) is 18.9 Å². The van der Waals surface area contributed by atoms with Crippen molar-refractivity contribution in [3.8, 4) is 0 Å². The minimum Gasteiger partial charge on any atom is -0.399 e. The van der Waals surface area contributed by atoms with Crippen molar-refractivity contribution >= 4 is 27.3 Å². The van der Waals surface area contributed by atoms with E-state index >= 15 is 0 Å². The third-order valence-corrected chi connectivity index (χ3v) is 3.99. The van der Waals surface area contributed by atoms with Crippen LogP contribution >= 0.6 is 11.6 Å². The number of hydrogen-bond acceptors (Lipinski definition) is 4. The van der Waals surface area contributed by atoms with Gasteiger partial charge in [-0.05, 0) is 18.2 Å². The van der Waals surface area contributed by atoms with Gasteiger partial charge in [0.25, 0.3) is 0 Å². The Labute approximate surface area is 112 Å². The fourth-order valence-corrected chi connectivity index (χ4v) is 2.68. The van der Waals surface area contributed by atoms with E-state index in [1.807, 2.05) is 0 Å². The van der Waals surface area contributed by atoms with Crippen molar-refractivity contribution in [3.05, 3.63) is 23.2 Å². The highest BCUT2D eigenvalue weighted by atomic mass is 35.5. The lowest BCUT2D eigenvalue weighted by molar-refractivity contribution is -0.200. The SMILES string of the molecule is Nc1ccc(Cl)c(S(=O)(=O)NCC(O)C(F)(F)F)c1. The van der Waals surface area contributed by atoms with E-state index in [0.717, 1.165) is 6.07 Å². The second kappa shape index (κ2) is 5.53. The number of nitrogens with two attached hydrogens (primary N) is 1. The molecule has 1 atom stereocenters. The summed E-state index contributed by atoms with van der Waals surface area (Å²) in [6.07, 6.45) is -7.72. The van der Waals surface area contributed by atoms with Gasteiger partial charge in [-0.25, -0.2) is 13.1 Å². The summed E-state index contributed by atoms with van der Waals surface area (Å²) in [7, 11) is -4.29. The molecule has 1 rings (SSSR count). The van der Waals surface area contributed by atoms with Crippen molar-refractivity contribution in [2.75, 3.05) is 12.3 Å². The lowest BCUT2D eigenvalue weighted by atomic mass is 10.3. The Balaban J connectivity index is 2.91. The molecule has 0 saturated carbocycles. The molecule has 0 aliphatic rings. The summed E-state index contributed by atoms with van der Waals surface area (Å²) < 4.78 is 61.1. The largest absolute Gasteiger partial charge is 0.415 e. The summed E-state index contributed by atoms with van der Waals surface area (Å²) in [4.78, 5) is -0.455. The molecule has 4 N–H and O–H groups in total. The molecule has 5 nitrogen and oxygen atoms in total. The maximum atomic E-state index is 12.0. The summed E-state index contributed by atoms with van der Waals surface area (Å²) in [5, 5.41) is 8.52. The molecule has 0 aliphatic heterocycles. The molecule has 0 amide bonds. The summed E-state index contributed by atoms with van der Waals surface area (Å²) >= 11 is 5.63. The maximum absolute atomic E-state index is 12.0. The van der Waals surface area contributed by atoms with Crippen molar-refractivity contribution < 1.29 is 26.7 Å². The third kappa shape index (κ3) is 4.23. The first-order valence-corrected chi connectivity index (χ1v) is 6.69. The van der Waals surface area contributed by atoms with Crippen molar-refractivity contribution in [1.29, 1.82) is 0 Å². The van der Waals surface area contributed by atoms with E-state index < -0.39 is 33.7 Å². The highest BCUT2D eigenvalue weighted by Gasteiger charge is 2.38. The highest BCUT2D eigenvalue weighted by Crippen LogP contribution is 2.24. The monoisotopic (exact) mass is 318 g/mol.